The van der Waals surface area contributed by atoms with Gasteiger partial charge in [-0.3, -0.25) is 10.1 Å². The third kappa shape index (κ3) is 1.73. The number of aromatic amines is 1. The Morgan fingerprint density at radius 1 is 1.28 bits per heavy atom. The fraction of sp³-hybridized carbons (Fsp3) is 0.231. The number of fused-ring (bicyclic) bond motifs is 1. The maximum Gasteiger partial charge on any atom is 0.322 e. The molecule has 2 aromatic rings. The van der Waals surface area contributed by atoms with Crippen LogP contribution in [0.3, 0.4) is 0 Å². The molecule has 0 bridgehead atoms. The van der Waals surface area contributed by atoms with Crippen LogP contribution < -0.4 is 10.6 Å². The third-order valence-electron chi connectivity index (χ3n) is 3.21. The maximum atomic E-state index is 11.5. The Kier molecular flexibility index (Phi) is 2.33. The SMILES string of the molecule is Cc1ccc2[nH]cc(CC3NC(=O)NC3=O)c2c1. The van der Waals surface area contributed by atoms with Crippen LogP contribution >= 0.6 is 0 Å². The lowest BCUT2D eigenvalue weighted by Crippen LogP contribution is -2.30. The number of urea groups is 1. The van der Waals surface area contributed by atoms with Crippen LogP contribution in [0.5, 0.6) is 0 Å². The van der Waals surface area contributed by atoms with Gasteiger partial charge in [-0.2, -0.15) is 0 Å². The second kappa shape index (κ2) is 3.87. The zero-order chi connectivity index (χ0) is 12.7. The molecule has 18 heavy (non-hydrogen) atoms. The molecule has 3 rings (SSSR count). The molecule has 0 spiro atoms. The fourth-order valence-corrected chi connectivity index (χ4v) is 2.28. The van der Waals surface area contributed by atoms with Crippen molar-refractivity contribution in [3.05, 3.63) is 35.5 Å². The minimum Gasteiger partial charge on any atom is -0.361 e. The van der Waals surface area contributed by atoms with Gasteiger partial charge in [0.25, 0.3) is 5.91 Å². The summed E-state index contributed by atoms with van der Waals surface area (Å²) in [4.78, 5) is 25.7. The first-order valence-corrected chi connectivity index (χ1v) is 5.81. The first-order chi connectivity index (χ1) is 8.63. The molecule has 1 aliphatic heterocycles. The van der Waals surface area contributed by atoms with Crippen LogP contribution in [0.2, 0.25) is 0 Å². The summed E-state index contributed by atoms with van der Waals surface area (Å²) in [6.45, 7) is 2.03. The molecule has 5 nitrogen and oxygen atoms in total. The van der Waals surface area contributed by atoms with Crippen molar-refractivity contribution in [2.75, 3.05) is 0 Å². The fourth-order valence-electron chi connectivity index (χ4n) is 2.28. The van der Waals surface area contributed by atoms with Crippen molar-refractivity contribution in [2.45, 2.75) is 19.4 Å². The Morgan fingerprint density at radius 3 is 2.83 bits per heavy atom. The molecule has 1 saturated heterocycles. The quantitative estimate of drug-likeness (QED) is 0.694. The molecule has 1 aromatic heterocycles. The van der Waals surface area contributed by atoms with Crippen LogP contribution in [-0.4, -0.2) is 23.0 Å². The summed E-state index contributed by atoms with van der Waals surface area (Å²) in [5.41, 5.74) is 3.25. The molecule has 0 aliphatic carbocycles. The van der Waals surface area contributed by atoms with E-state index in [0.717, 1.165) is 16.5 Å². The van der Waals surface area contributed by atoms with Gasteiger partial charge in [0.05, 0.1) is 0 Å². The van der Waals surface area contributed by atoms with Crippen molar-refractivity contribution >= 4 is 22.8 Å². The van der Waals surface area contributed by atoms with Crippen molar-refractivity contribution in [3.8, 4) is 0 Å². The topological polar surface area (TPSA) is 74.0 Å². The number of hydrogen-bond acceptors (Lipinski definition) is 2. The lowest BCUT2D eigenvalue weighted by Gasteiger charge is -2.06. The van der Waals surface area contributed by atoms with Gasteiger partial charge in [-0.1, -0.05) is 11.6 Å². The summed E-state index contributed by atoms with van der Waals surface area (Å²) >= 11 is 0. The lowest BCUT2D eigenvalue weighted by atomic mass is 10.0. The summed E-state index contributed by atoms with van der Waals surface area (Å²) in [6, 6.07) is 5.24. The highest BCUT2D eigenvalue weighted by atomic mass is 16.2. The van der Waals surface area contributed by atoms with Crippen LogP contribution in [0.15, 0.2) is 24.4 Å². The van der Waals surface area contributed by atoms with E-state index < -0.39 is 12.1 Å². The molecule has 1 aromatic carbocycles. The highest BCUT2D eigenvalue weighted by Crippen LogP contribution is 2.21. The molecule has 2 heterocycles. The minimum atomic E-state index is -0.475. The Balaban J connectivity index is 1.93. The molecule has 3 amide bonds. The van der Waals surface area contributed by atoms with Gasteiger partial charge in [0.1, 0.15) is 6.04 Å². The van der Waals surface area contributed by atoms with Crippen LogP contribution in [0.4, 0.5) is 4.79 Å². The number of amides is 3. The summed E-state index contributed by atoms with van der Waals surface area (Å²) in [7, 11) is 0. The van der Waals surface area contributed by atoms with E-state index in [9.17, 15) is 9.59 Å². The number of hydrogen-bond donors (Lipinski definition) is 3. The molecule has 1 aliphatic rings. The van der Waals surface area contributed by atoms with Crippen LogP contribution in [0.1, 0.15) is 11.1 Å². The van der Waals surface area contributed by atoms with E-state index in [-0.39, 0.29) is 5.91 Å². The molecular weight excluding hydrogens is 230 g/mol. The maximum absolute atomic E-state index is 11.5. The van der Waals surface area contributed by atoms with Crippen LogP contribution in [0, 0.1) is 6.92 Å². The van der Waals surface area contributed by atoms with Gasteiger partial charge in [-0.25, -0.2) is 4.79 Å². The molecule has 1 atom stereocenters. The molecule has 1 unspecified atom stereocenters. The summed E-state index contributed by atoms with van der Waals surface area (Å²) < 4.78 is 0. The average Bonchev–Trinajstić information content (AvgIpc) is 2.84. The molecule has 0 radical (unpaired) electrons. The lowest BCUT2D eigenvalue weighted by molar-refractivity contribution is -0.120. The molecule has 3 N–H and O–H groups in total. The van der Waals surface area contributed by atoms with Gasteiger partial charge in [0, 0.05) is 23.5 Å². The predicted octanol–water partition coefficient (Wildman–Crippen LogP) is 1.23. The van der Waals surface area contributed by atoms with Gasteiger partial charge in [-0.15, -0.1) is 0 Å². The monoisotopic (exact) mass is 243 g/mol. The second-order valence-electron chi connectivity index (χ2n) is 4.58. The van der Waals surface area contributed by atoms with Gasteiger partial charge in [-0.05, 0) is 24.6 Å². The Morgan fingerprint density at radius 2 is 2.11 bits per heavy atom. The van der Waals surface area contributed by atoms with Crippen molar-refractivity contribution in [2.24, 2.45) is 0 Å². The standard InChI is InChI=1S/C13H13N3O2/c1-7-2-3-10-9(4-7)8(6-14-10)5-11-12(17)16-13(18)15-11/h2-4,6,11,14H,5H2,1H3,(H2,15,16,17,18). The number of carbonyl (C=O) groups is 2. The van der Waals surface area contributed by atoms with Gasteiger partial charge in [0.2, 0.25) is 0 Å². The Labute approximate surface area is 104 Å². The Bertz CT molecular complexity index is 645. The Hall–Kier alpha value is -2.30. The predicted molar refractivity (Wildman–Crippen MR) is 67.2 cm³/mol. The molecule has 1 fully saturated rings. The number of aryl methyl sites for hydroxylation is 1. The minimum absolute atomic E-state index is 0.262. The first-order valence-electron chi connectivity index (χ1n) is 5.81. The number of imide groups is 1. The summed E-state index contributed by atoms with van der Waals surface area (Å²) in [6.07, 6.45) is 2.39. The zero-order valence-corrected chi connectivity index (χ0v) is 9.91. The van der Waals surface area contributed by atoms with E-state index in [1.54, 1.807) is 0 Å². The molecule has 5 heteroatoms. The highest BCUT2D eigenvalue weighted by molar-refractivity contribution is 6.04. The van der Waals surface area contributed by atoms with Crippen molar-refractivity contribution < 1.29 is 9.59 Å². The molecular formula is C13H13N3O2. The number of H-pyrrole nitrogens is 1. The van der Waals surface area contributed by atoms with Crippen molar-refractivity contribution in [3.63, 3.8) is 0 Å². The number of carbonyl (C=O) groups excluding carboxylic acids is 2. The van der Waals surface area contributed by atoms with Gasteiger partial charge >= 0.3 is 6.03 Å². The van der Waals surface area contributed by atoms with E-state index in [1.807, 2.05) is 25.3 Å². The van der Waals surface area contributed by atoms with E-state index >= 15 is 0 Å². The third-order valence-corrected chi connectivity index (χ3v) is 3.21. The number of nitrogens with one attached hydrogen (secondary N) is 3. The first kappa shape index (κ1) is 10.8. The highest BCUT2D eigenvalue weighted by Gasteiger charge is 2.29. The second-order valence-corrected chi connectivity index (χ2v) is 4.58. The van der Waals surface area contributed by atoms with Crippen molar-refractivity contribution in [1.29, 1.82) is 0 Å². The number of rotatable bonds is 2. The van der Waals surface area contributed by atoms with E-state index in [0.29, 0.717) is 6.42 Å². The van der Waals surface area contributed by atoms with Crippen LogP contribution in [-0.2, 0) is 11.2 Å². The molecule has 92 valence electrons. The van der Waals surface area contributed by atoms with Gasteiger partial charge in [0.15, 0.2) is 0 Å². The van der Waals surface area contributed by atoms with E-state index in [2.05, 4.69) is 21.7 Å². The van der Waals surface area contributed by atoms with Gasteiger partial charge < -0.3 is 10.3 Å². The smallest absolute Gasteiger partial charge is 0.322 e. The average molecular weight is 243 g/mol. The van der Waals surface area contributed by atoms with E-state index in [1.165, 1.54) is 5.56 Å². The van der Waals surface area contributed by atoms with Crippen molar-refractivity contribution in [1.82, 2.24) is 15.6 Å². The number of benzene rings is 1. The summed E-state index contributed by atoms with van der Waals surface area (Å²) in [5.74, 6) is -0.262. The number of aromatic nitrogens is 1. The van der Waals surface area contributed by atoms with Crippen LogP contribution in [0.25, 0.3) is 10.9 Å². The molecule has 0 saturated carbocycles. The van der Waals surface area contributed by atoms with E-state index in [4.69, 9.17) is 0 Å². The largest absolute Gasteiger partial charge is 0.361 e. The normalized spacial score (nSPS) is 19.1. The zero-order valence-electron chi connectivity index (χ0n) is 9.91. The summed E-state index contributed by atoms with van der Waals surface area (Å²) in [5, 5.41) is 5.95.